The molecule has 16 heavy (non-hydrogen) atoms. The Labute approximate surface area is 100 Å². The summed E-state index contributed by atoms with van der Waals surface area (Å²) in [7, 11) is 0. The number of hydrogen-bond acceptors (Lipinski definition) is 5. The topological polar surface area (TPSA) is 64.9 Å². The van der Waals surface area contributed by atoms with Crippen LogP contribution in [0.25, 0.3) is 0 Å². The highest BCUT2D eigenvalue weighted by Crippen LogP contribution is 2.29. The van der Waals surface area contributed by atoms with Crippen LogP contribution < -0.4 is 5.73 Å². The van der Waals surface area contributed by atoms with Gasteiger partial charge in [0.25, 0.3) is 0 Å². The van der Waals surface area contributed by atoms with Crippen LogP contribution in [0.1, 0.15) is 56.8 Å². The van der Waals surface area contributed by atoms with Crippen LogP contribution >= 0.6 is 11.8 Å². The normalized spacial score (nSPS) is 19.9. The highest BCUT2D eigenvalue weighted by molar-refractivity contribution is 7.99. The molecule has 1 fully saturated rings. The van der Waals surface area contributed by atoms with Crippen molar-refractivity contribution in [2.75, 3.05) is 0 Å². The summed E-state index contributed by atoms with van der Waals surface area (Å²) in [5.74, 6) is 2.17. The number of thioether (sulfide) groups is 1. The molecule has 0 radical (unpaired) electrons. The van der Waals surface area contributed by atoms with Gasteiger partial charge in [0.15, 0.2) is 5.82 Å². The van der Waals surface area contributed by atoms with Crippen LogP contribution in [0.3, 0.4) is 0 Å². The Balaban J connectivity index is 1.79. The second-order valence-electron chi connectivity index (χ2n) is 4.41. The Bertz CT molecular complexity index is 321. The molecule has 1 aliphatic rings. The molecule has 0 aliphatic heterocycles. The molecule has 1 aromatic rings. The fourth-order valence-corrected chi connectivity index (χ4v) is 3.10. The molecule has 1 saturated carbocycles. The minimum absolute atomic E-state index is 0.166. The summed E-state index contributed by atoms with van der Waals surface area (Å²) in [5.41, 5.74) is 5.66. The van der Waals surface area contributed by atoms with Crippen molar-refractivity contribution in [3.63, 3.8) is 0 Å². The average molecular weight is 241 g/mol. The molecule has 0 spiro atoms. The lowest BCUT2D eigenvalue weighted by Gasteiger charge is -2.19. The van der Waals surface area contributed by atoms with Gasteiger partial charge in [0.05, 0.1) is 11.8 Å². The number of rotatable bonds is 4. The Kier molecular flexibility index (Phi) is 4.23. The molecule has 90 valence electrons. The summed E-state index contributed by atoms with van der Waals surface area (Å²) in [6, 6.07) is -0.166. The molecule has 5 heteroatoms. The Hall–Kier alpha value is -0.550. The third-order valence-electron chi connectivity index (χ3n) is 2.87. The van der Waals surface area contributed by atoms with Gasteiger partial charge in [0, 0.05) is 5.25 Å². The lowest BCUT2D eigenvalue weighted by molar-refractivity contribution is 0.358. The molecule has 0 unspecified atom stereocenters. The fraction of sp³-hybridized carbons (Fsp3) is 0.818. The first-order valence-electron chi connectivity index (χ1n) is 5.95. The largest absolute Gasteiger partial charge is 0.338 e. The van der Waals surface area contributed by atoms with Gasteiger partial charge in [-0.1, -0.05) is 24.4 Å². The lowest BCUT2D eigenvalue weighted by Crippen LogP contribution is -2.08. The molecule has 4 nitrogen and oxygen atoms in total. The first-order valence-corrected chi connectivity index (χ1v) is 7.00. The zero-order chi connectivity index (χ0) is 11.4. The quantitative estimate of drug-likeness (QED) is 0.878. The van der Waals surface area contributed by atoms with E-state index >= 15 is 0 Å². The van der Waals surface area contributed by atoms with Crippen LogP contribution in [0.15, 0.2) is 4.52 Å². The monoisotopic (exact) mass is 241 g/mol. The van der Waals surface area contributed by atoms with Crippen LogP contribution in [-0.4, -0.2) is 15.4 Å². The highest BCUT2D eigenvalue weighted by Gasteiger charge is 2.16. The van der Waals surface area contributed by atoms with E-state index < -0.39 is 0 Å². The molecule has 1 aliphatic carbocycles. The third-order valence-corrected chi connectivity index (χ3v) is 4.24. The van der Waals surface area contributed by atoms with Gasteiger partial charge < -0.3 is 10.3 Å². The fourth-order valence-electron chi connectivity index (χ4n) is 1.94. The van der Waals surface area contributed by atoms with Crippen molar-refractivity contribution in [2.45, 2.75) is 56.1 Å². The highest BCUT2D eigenvalue weighted by atomic mass is 32.2. The van der Waals surface area contributed by atoms with Gasteiger partial charge in [-0.2, -0.15) is 16.7 Å². The van der Waals surface area contributed by atoms with E-state index in [0.29, 0.717) is 5.89 Å². The zero-order valence-corrected chi connectivity index (χ0v) is 10.5. The van der Waals surface area contributed by atoms with Crippen molar-refractivity contribution >= 4 is 11.8 Å². The smallest absolute Gasteiger partial charge is 0.243 e. The van der Waals surface area contributed by atoms with Crippen LogP contribution in [0, 0.1) is 0 Å². The maximum absolute atomic E-state index is 5.66. The molecular formula is C11H19N3OS. The Morgan fingerprint density at radius 3 is 2.81 bits per heavy atom. The standard InChI is InChI=1S/C11H19N3OS/c1-8(12)11-13-10(14-15-11)7-16-9-5-3-2-4-6-9/h8-9H,2-7,12H2,1H3/t8-/m1/s1. The van der Waals surface area contributed by atoms with Gasteiger partial charge in [-0.05, 0) is 19.8 Å². The first-order chi connectivity index (χ1) is 7.75. The maximum Gasteiger partial charge on any atom is 0.243 e. The zero-order valence-electron chi connectivity index (χ0n) is 9.69. The minimum Gasteiger partial charge on any atom is -0.338 e. The number of nitrogens with zero attached hydrogens (tertiary/aromatic N) is 2. The Morgan fingerprint density at radius 1 is 1.44 bits per heavy atom. The number of hydrogen-bond donors (Lipinski definition) is 1. The van der Waals surface area contributed by atoms with Gasteiger partial charge >= 0.3 is 0 Å². The van der Waals surface area contributed by atoms with E-state index in [1.165, 1.54) is 32.1 Å². The predicted octanol–water partition coefficient (Wildman–Crippen LogP) is 2.66. The molecule has 0 amide bonds. The summed E-state index contributed by atoms with van der Waals surface area (Å²) in [4.78, 5) is 4.27. The molecular weight excluding hydrogens is 222 g/mol. The summed E-state index contributed by atoms with van der Waals surface area (Å²) in [6.07, 6.45) is 6.81. The van der Waals surface area contributed by atoms with E-state index in [-0.39, 0.29) is 6.04 Å². The second kappa shape index (κ2) is 5.68. The molecule has 0 aromatic carbocycles. The molecule has 0 bridgehead atoms. The van der Waals surface area contributed by atoms with Gasteiger partial charge in [-0.25, -0.2) is 0 Å². The average Bonchev–Trinajstić information content (AvgIpc) is 2.76. The maximum atomic E-state index is 5.66. The first kappa shape index (κ1) is 11.9. The van der Waals surface area contributed by atoms with Gasteiger partial charge in [0.2, 0.25) is 5.89 Å². The van der Waals surface area contributed by atoms with Crippen molar-refractivity contribution in [1.29, 1.82) is 0 Å². The minimum atomic E-state index is -0.166. The van der Waals surface area contributed by atoms with Crippen LogP contribution in [0.4, 0.5) is 0 Å². The van der Waals surface area contributed by atoms with Crippen LogP contribution in [0.2, 0.25) is 0 Å². The summed E-state index contributed by atoms with van der Waals surface area (Å²) in [5, 5.41) is 4.72. The van der Waals surface area contributed by atoms with Crippen LogP contribution in [0.5, 0.6) is 0 Å². The second-order valence-corrected chi connectivity index (χ2v) is 5.70. The Morgan fingerprint density at radius 2 is 2.19 bits per heavy atom. The van der Waals surface area contributed by atoms with Gasteiger partial charge in [0.1, 0.15) is 0 Å². The molecule has 0 saturated heterocycles. The van der Waals surface area contributed by atoms with E-state index in [4.69, 9.17) is 10.3 Å². The molecule has 2 rings (SSSR count). The lowest BCUT2D eigenvalue weighted by atomic mass is 10.0. The summed E-state index contributed by atoms with van der Waals surface area (Å²) in [6.45, 7) is 1.85. The number of aromatic nitrogens is 2. The molecule has 2 N–H and O–H groups in total. The van der Waals surface area contributed by atoms with E-state index in [2.05, 4.69) is 10.1 Å². The van der Waals surface area contributed by atoms with Crippen molar-refractivity contribution in [2.24, 2.45) is 5.73 Å². The van der Waals surface area contributed by atoms with Crippen molar-refractivity contribution < 1.29 is 4.52 Å². The van der Waals surface area contributed by atoms with E-state index in [1.807, 2.05) is 18.7 Å². The summed E-state index contributed by atoms with van der Waals surface area (Å²) < 4.78 is 5.07. The SMILES string of the molecule is C[C@@H](N)c1nc(CSC2CCCCC2)no1. The van der Waals surface area contributed by atoms with Gasteiger partial charge in [-0.15, -0.1) is 0 Å². The predicted molar refractivity (Wildman–Crippen MR) is 65.1 cm³/mol. The number of nitrogens with two attached hydrogens (primary N) is 1. The van der Waals surface area contributed by atoms with Crippen molar-refractivity contribution in [3.8, 4) is 0 Å². The third kappa shape index (κ3) is 3.22. The van der Waals surface area contributed by atoms with Crippen molar-refractivity contribution in [3.05, 3.63) is 11.7 Å². The summed E-state index contributed by atoms with van der Waals surface area (Å²) >= 11 is 1.95. The van der Waals surface area contributed by atoms with Gasteiger partial charge in [-0.3, -0.25) is 0 Å². The molecule has 1 atom stereocenters. The molecule has 1 heterocycles. The van der Waals surface area contributed by atoms with E-state index in [1.54, 1.807) is 0 Å². The van der Waals surface area contributed by atoms with E-state index in [9.17, 15) is 0 Å². The van der Waals surface area contributed by atoms with Crippen LogP contribution in [-0.2, 0) is 5.75 Å². The molecule has 1 aromatic heterocycles. The van der Waals surface area contributed by atoms with Crippen molar-refractivity contribution in [1.82, 2.24) is 10.1 Å². The van der Waals surface area contributed by atoms with E-state index in [0.717, 1.165) is 16.8 Å².